The minimum Gasteiger partial charge on any atom is -0.381 e. The van der Waals surface area contributed by atoms with E-state index < -0.39 is 0 Å². The molecule has 0 aromatic carbocycles. The van der Waals surface area contributed by atoms with Crippen LogP contribution < -0.4 is 0 Å². The average Bonchev–Trinajstić information content (AvgIpc) is 3.08. The van der Waals surface area contributed by atoms with Crippen molar-refractivity contribution >= 4 is 6.03 Å². The highest BCUT2D eigenvalue weighted by atomic mass is 16.5. The van der Waals surface area contributed by atoms with Crippen molar-refractivity contribution in [3.63, 3.8) is 0 Å². The van der Waals surface area contributed by atoms with Gasteiger partial charge in [-0.3, -0.25) is 4.68 Å². The zero-order valence-corrected chi connectivity index (χ0v) is 15.3. The van der Waals surface area contributed by atoms with Gasteiger partial charge in [0.25, 0.3) is 0 Å². The summed E-state index contributed by atoms with van der Waals surface area (Å²) in [5.41, 5.74) is 1.43. The number of carbonyl (C=O) groups excluding carboxylic acids is 1. The smallest absolute Gasteiger partial charge is 0.320 e. The van der Waals surface area contributed by atoms with Gasteiger partial charge in [-0.1, -0.05) is 12.8 Å². The first kappa shape index (κ1) is 16.9. The quantitative estimate of drug-likeness (QED) is 0.785. The predicted molar refractivity (Wildman–Crippen MR) is 95.4 cm³/mol. The lowest BCUT2D eigenvalue weighted by molar-refractivity contribution is 0.0128. The van der Waals surface area contributed by atoms with Crippen molar-refractivity contribution in [1.29, 1.82) is 0 Å². The van der Waals surface area contributed by atoms with Gasteiger partial charge in [0.1, 0.15) is 0 Å². The van der Waals surface area contributed by atoms with Crippen molar-refractivity contribution < 1.29 is 9.53 Å². The number of aryl methyl sites for hydroxylation is 1. The molecule has 1 aromatic heterocycles. The van der Waals surface area contributed by atoms with E-state index in [9.17, 15) is 4.79 Å². The molecule has 0 radical (unpaired) electrons. The van der Waals surface area contributed by atoms with Gasteiger partial charge in [-0.25, -0.2) is 4.79 Å². The maximum absolute atomic E-state index is 13.2. The highest BCUT2D eigenvalue weighted by molar-refractivity contribution is 5.75. The summed E-state index contributed by atoms with van der Waals surface area (Å²) in [5.74, 6) is 0.376. The number of likely N-dealkylation sites (tertiary alicyclic amines) is 2. The number of ether oxygens (including phenoxy) is 1. The summed E-state index contributed by atoms with van der Waals surface area (Å²) >= 11 is 0. The molecule has 6 nitrogen and oxygen atoms in total. The Kier molecular flexibility index (Phi) is 4.71. The molecular weight excluding hydrogens is 316 g/mol. The second-order valence-electron chi connectivity index (χ2n) is 8.04. The Labute approximate surface area is 150 Å². The van der Waals surface area contributed by atoms with Gasteiger partial charge in [-0.2, -0.15) is 5.10 Å². The maximum atomic E-state index is 13.2. The molecule has 0 N–H and O–H groups in total. The Morgan fingerprint density at radius 1 is 1.16 bits per heavy atom. The maximum Gasteiger partial charge on any atom is 0.320 e. The number of rotatable bonds is 1. The number of hydrogen-bond donors (Lipinski definition) is 0. The van der Waals surface area contributed by atoms with E-state index >= 15 is 0 Å². The van der Waals surface area contributed by atoms with Crippen LogP contribution in [-0.2, 0) is 11.8 Å². The van der Waals surface area contributed by atoms with E-state index in [-0.39, 0.29) is 11.4 Å². The third kappa shape index (κ3) is 3.28. The Hall–Kier alpha value is -1.56. The first-order valence-electron chi connectivity index (χ1n) is 9.78. The lowest BCUT2D eigenvalue weighted by Gasteiger charge is -2.37. The van der Waals surface area contributed by atoms with E-state index in [4.69, 9.17) is 4.74 Å². The monoisotopic (exact) mass is 346 g/mol. The summed E-state index contributed by atoms with van der Waals surface area (Å²) in [4.78, 5) is 17.4. The van der Waals surface area contributed by atoms with Crippen LogP contribution in [0, 0.1) is 5.41 Å². The summed E-state index contributed by atoms with van der Waals surface area (Å²) < 4.78 is 7.52. The summed E-state index contributed by atoms with van der Waals surface area (Å²) in [6.45, 7) is 5.14. The molecule has 4 rings (SSSR count). The van der Waals surface area contributed by atoms with Gasteiger partial charge in [0.05, 0.1) is 6.20 Å². The van der Waals surface area contributed by atoms with Gasteiger partial charge >= 0.3 is 6.03 Å². The molecular formula is C19H30N4O2. The summed E-state index contributed by atoms with van der Waals surface area (Å²) in [6.07, 6.45) is 11.0. The Balaban J connectivity index is 1.55. The van der Waals surface area contributed by atoms with Crippen LogP contribution in [0.3, 0.4) is 0 Å². The third-order valence-corrected chi connectivity index (χ3v) is 6.41. The fourth-order valence-electron chi connectivity index (χ4n) is 4.94. The van der Waals surface area contributed by atoms with E-state index in [1.54, 1.807) is 0 Å². The molecule has 4 heterocycles. The first-order valence-corrected chi connectivity index (χ1v) is 9.78. The fraction of sp³-hybridized carbons (Fsp3) is 0.789. The Morgan fingerprint density at radius 2 is 1.88 bits per heavy atom. The van der Waals surface area contributed by atoms with Crippen LogP contribution in [-0.4, -0.2) is 65.0 Å². The SMILES string of the molecule is Cn1cc(C2CN(C(=O)N3CCCCCC3)CC23CCOCC3)cn1. The number of hydrogen-bond acceptors (Lipinski definition) is 3. The minimum absolute atomic E-state index is 0.156. The molecule has 3 aliphatic rings. The van der Waals surface area contributed by atoms with E-state index in [2.05, 4.69) is 21.1 Å². The molecule has 1 aromatic rings. The van der Waals surface area contributed by atoms with Crippen molar-refractivity contribution in [2.24, 2.45) is 12.5 Å². The first-order chi connectivity index (χ1) is 12.2. The molecule has 25 heavy (non-hydrogen) atoms. The van der Waals surface area contributed by atoms with Crippen LogP contribution >= 0.6 is 0 Å². The zero-order valence-electron chi connectivity index (χ0n) is 15.3. The van der Waals surface area contributed by atoms with Gasteiger partial charge in [0.15, 0.2) is 0 Å². The van der Waals surface area contributed by atoms with Gasteiger partial charge in [-0.15, -0.1) is 0 Å². The summed E-state index contributed by atoms with van der Waals surface area (Å²) in [5, 5.41) is 4.38. The number of amides is 2. The van der Waals surface area contributed by atoms with Crippen LogP contribution in [0.2, 0.25) is 0 Å². The summed E-state index contributed by atoms with van der Waals surface area (Å²) in [6, 6.07) is 0.249. The van der Waals surface area contributed by atoms with E-state index in [1.165, 1.54) is 18.4 Å². The fourth-order valence-corrected chi connectivity index (χ4v) is 4.94. The van der Waals surface area contributed by atoms with E-state index in [0.29, 0.717) is 5.92 Å². The summed E-state index contributed by atoms with van der Waals surface area (Å²) in [7, 11) is 1.97. The standard InChI is InChI=1S/C19H30N4O2/c1-21-13-16(12-20-21)17-14-23(15-19(17)6-10-25-11-7-19)18(24)22-8-4-2-3-5-9-22/h12-13,17H,2-11,14-15H2,1H3. The van der Waals surface area contributed by atoms with Crippen LogP contribution in [0.5, 0.6) is 0 Å². The second-order valence-corrected chi connectivity index (χ2v) is 8.04. The van der Waals surface area contributed by atoms with Gasteiger partial charge in [0.2, 0.25) is 0 Å². The molecule has 2 amide bonds. The molecule has 138 valence electrons. The number of urea groups is 1. The Morgan fingerprint density at radius 3 is 2.52 bits per heavy atom. The highest BCUT2D eigenvalue weighted by Crippen LogP contribution is 2.49. The lowest BCUT2D eigenvalue weighted by Crippen LogP contribution is -2.44. The highest BCUT2D eigenvalue weighted by Gasteiger charge is 2.50. The molecule has 0 aliphatic carbocycles. The predicted octanol–water partition coefficient (Wildman–Crippen LogP) is 2.61. The molecule has 3 fully saturated rings. The van der Waals surface area contributed by atoms with Crippen LogP contribution in [0.15, 0.2) is 12.4 Å². The van der Waals surface area contributed by atoms with E-state index in [0.717, 1.165) is 65.1 Å². The van der Waals surface area contributed by atoms with Crippen molar-refractivity contribution in [2.45, 2.75) is 44.4 Å². The van der Waals surface area contributed by atoms with Crippen molar-refractivity contribution in [1.82, 2.24) is 19.6 Å². The van der Waals surface area contributed by atoms with Crippen molar-refractivity contribution in [2.75, 3.05) is 39.4 Å². The molecule has 1 atom stereocenters. The van der Waals surface area contributed by atoms with Gasteiger partial charge in [-0.05, 0) is 31.2 Å². The minimum atomic E-state index is 0.156. The van der Waals surface area contributed by atoms with Crippen molar-refractivity contribution in [3.05, 3.63) is 18.0 Å². The lowest BCUT2D eigenvalue weighted by atomic mass is 9.70. The number of carbonyl (C=O) groups is 1. The molecule has 3 aliphatic heterocycles. The van der Waals surface area contributed by atoms with Gasteiger partial charge < -0.3 is 14.5 Å². The average molecular weight is 346 g/mol. The van der Waals surface area contributed by atoms with Crippen molar-refractivity contribution in [3.8, 4) is 0 Å². The molecule has 6 heteroatoms. The number of aromatic nitrogens is 2. The Bertz CT molecular complexity index is 600. The molecule has 1 unspecified atom stereocenters. The van der Waals surface area contributed by atoms with E-state index in [1.807, 2.05) is 17.9 Å². The van der Waals surface area contributed by atoms with Crippen LogP contribution in [0.1, 0.15) is 50.0 Å². The molecule has 0 saturated carbocycles. The third-order valence-electron chi connectivity index (χ3n) is 6.41. The molecule has 0 bridgehead atoms. The largest absolute Gasteiger partial charge is 0.381 e. The van der Waals surface area contributed by atoms with Gasteiger partial charge in [0, 0.05) is 64.0 Å². The van der Waals surface area contributed by atoms with Crippen LogP contribution in [0.4, 0.5) is 4.79 Å². The topological polar surface area (TPSA) is 50.6 Å². The van der Waals surface area contributed by atoms with Crippen LogP contribution in [0.25, 0.3) is 0 Å². The normalized spacial score (nSPS) is 26.8. The zero-order chi connectivity index (χ0) is 17.3. The molecule has 1 spiro atoms. The molecule has 3 saturated heterocycles. The second kappa shape index (κ2) is 6.98. The number of nitrogens with zero attached hydrogens (tertiary/aromatic N) is 4.